The van der Waals surface area contributed by atoms with Crippen LogP contribution in [0.4, 0.5) is 0 Å². The van der Waals surface area contributed by atoms with Crippen LogP contribution in [0.2, 0.25) is 0 Å². The lowest BCUT2D eigenvalue weighted by Gasteiger charge is -2.18. The molecular formula is C40H24O. The first kappa shape index (κ1) is 16.6. The lowest BCUT2D eigenvalue weighted by atomic mass is 9.85. The van der Waals surface area contributed by atoms with Gasteiger partial charge in [-0.05, 0) is 95.7 Å². The van der Waals surface area contributed by atoms with Crippen molar-refractivity contribution < 1.29 is 14.0 Å². The Balaban J connectivity index is 1.38. The molecule has 0 N–H and O–H groups in total. The van der Waals surface area contributed by atoms with E-state index in [2.05, 4.69) is 42.5 Å². The van der Waals surface area contributed by atoms with Crippen molar-refractivity contribution in [3.8, 4) is 22.3 Å². The largest absolute Gasteiger partial charge is 0.456 e. The van der Waals surface area contributed by atoms with Gasteiger partial charge in [0, 0.05) is 10.8 Å². The van der Waals surface area contributed by atoms with Crippen molar-refractivity contribution >= 4 is 65.0 Å². The van der Waals surface area contributed by atoms with E-state index in [4.69, 9.17) is 12.6 Å². The van der Waals surface area contributed by atoms with E-state index in [1.165, 1.54) is 0 Å². The Morgan fingerprint density at radius 1 is 0.415 bits per heavy atom. The molecule has 0 bridgehead atoms. The quantitative estimate of drug-likeness (QED) is 0.204. The molecule has 41 heavy (non-hydrogen) atoms. The number of benzene rings is 8. The summed E-state index contributed by atoms with van der Waals surface area (Å²) in [7, 11) is 0. The van der Waals surface area contributed by atoms with Gasteiger partial charge in [0.25, 0.3) is 0 Å². The fourth-order valence-corrected chi connectivity index (χ4v) is 6.23. The van der Waals surface area contributed by atoms with Gasteiger partial charge < -0.3 is 4.42 Å². The maximum Gasteiger partial charge on any atom is 0.136 e. The SMILES string of the molecule is [2H]c1c([2H])c([2H])c2c([2H])c(-c3c4ccccc4c(-c4ccc5c(c4)oc4cc6ccccc6cc45)c4ccccc34)c([2H])c([2H])c2c1[2H]. The number of furan rings is 1. The summed E-state index contributed by atoms with van der Waals surface area (Å²) in [5.41, 5.74) is 4.23. The minimum atomic E-state index is -0.484. The average molecular weight is 528 g/mol. The first-order chi connectivity index (χ1) is 23.2. The highest BCUT2D eigenvalue weighted by atomic mass is 16.3. The third-order valence-corrected chi connectivity index (χ3v) is 8.06. The van der Waals surface area contributed by atoms with Crippen molar-refractivity contribution in [3.63, 3.8) is 0 Å². The molecule has 0 atom stereocenters. The Bertz CT molecular complexity index is 2810. The van der Waals surface area contributed by atoms with E-state index in [1.807, 2.05) is 60.7 Å². The zero-order chi connectivity index (χ0) is 33.0. The second-order valence-electron chi connectivity index (χ2n) is 10.3. The van der Waals surface area contributed by atoms with Crippen LogP contribution >= 0.6 is 0 Å². The molecule has 0 aliphatic heterocycles. The van der Waals surface area contributed by atoms with E-state index in [0.717, 1.165) is 65.4 Å². The first-order valence-corrected chi connectivity index (χ1v) is 13.5. The Kier molecular flexibility index (Phi) is 3.47. The summed E-state index contributed by atoms with van der Waals surface area (Å²) < 4.78 is 67.4. The molecule has 9 rings (SSSR count). The number of hydrogen-bond acceptors (Lipinski definition) is 1. The molecule has 0 unspecified atom stereocenters. The molecule has 0 amide bonds. The van der Waals surface area contributed by atoms with Crippen molar-refractivity contribution in [2.24, 2.45) is 0 Å². The second-order valence-corrected chi connectivity index (χ2v) is 10.3. The van der Waals surface area contributed by atoms with Gasteiger partial charge in [0.15, 0.2) is 0 Å². The van der Waals surface area contributed by atoms with Crippen molar-refractivity contribution in [2.45, 2.75) is 0 Å². The smallest absolute Gasteiger partial charge is 0.136 e. The van der Waals surface area contributed by atoms with Gasteiger partial charge in [-0.1, -0.05) is 115 Å². The van der Waals surface area contributed by atoms with E-state index < -0.39 is 18.1 Å². The van der Waals surface area contributed by atoms with Gasteiger partial charge in [0.1, 0.15) is 11.2 Å². The minimum absolute atomic E-state index is 0.0581. The maximum atomic E-state index is 9.32. The zero-order valence-electron chi connectivity index (χ0n) is 28.7. The first-order valence-electron chi connectivity index (χ1n) is 17.0. The van der Waals surface area contributed by atoms with E-state index in [-0.39, 0.29) is 40.5 Å². The third kappa shape index (κ3) is 3.36. The summed E-state index contributed by atoms with van der Waals surface area (Å²) in [6.45, 7) is 0. The molecule has 0 spiro atoms. The molecule has 190 valence electrons. The topological polar surface area (TPSA) is 13.1 Å². The monoisotopic (exact) mass is 527 g/mol. The van der Waals surface area contributed by atoms with Crippen LogP contribution in [0.25, 0.3) is 87.3 Å². The Morgan fingerprint density at radius 3 is 1.71 bits per heavy atom. The van der Waals surface area contributed by atoms with Gasteiger partial charge >= 0.3 is 0 Å². The summed E-state index contributed by atoms with van der Waals surface area (Å²) >= 11 is 0. The van der Waals surface area contributed by atoms with E-state index in [1.54, 1.807) is 0 Å². The molecule has 9 aromatic rings. The Hall–Kier alpha value is -5.40. The van der Waals surface area contributed by atoms with E-state index in [9.17, 15) is 1.37 Å². The highest BCUT2D eigenvalue weighted by Gasteiger charge is 2.18. The number of fused-ring (bicyclic) bond motifs is 7. The molecule has 0 fully saturated rings. The van der Waals surface area contributed by atoms with E-state index in [0.29, 0.717) is 5.56 Å². The molecule has 1 nitrogen and oxygen atoms in total. The molecule has 0 aliphatic carbocycles. The summed E-state index contributed by atoms with van der Waals surface area (Å²) in [6, 6.07) is 31.8. The zero-order valence-corrected chi connectivity index (χ0v) is 21.7. The van der Waals surface area contributed by atoms with Gasteiger partial charge in [0.05, 0.1) is 9.60 Å². The van der Waals surface area contributed by atoms with Crippen molar-refractivity contribution in [2.75, 3.05) is 0 Å². The molecule has 0 radical (unpaired) electrons. The van der Waals surface area contributed by atoms with Gasteiger partial charge in [-0.2, -0.15) is 0 Å². The molecule has 8 aromatic carbocycles. The summed E-state index contributed by atoms with van der Waals surface area (Å²) in [6.07, 6.45) is 0. The van der Waals surface area contributed by atoms with Gasteiger partial charge in [-0.3, -0.25) is 0 Å². The van der Waals surface area contributed by atoms with E-state index >= 15 is 0 Å². The van der Waals surface area contributed by atoms with Crippen LogP contribution in [0.15, 0.2) is 150 Å². The average Bonchev–Trinajstić information content (AvgIpc) is 3.46. The molecule has 0 saturated heterocycles. The Morgan fingerprint density at radius 2 is 1.00 bits per heavy atom. The third-order valence-electron chi connectivity index (χ3n) is 8.06. The molecule has 1 aromatic heterocycles. The molecule has 0 aliphatic rings. The predicted molar refractivity (Wildman–Crippen MR) is 175 cm³/mol. The summed E-state index contributed by atoms with van der Waals surface area (Å²) in [4.78, 5) is 0. The maximum absolute atomic E-state index is 9.32. The molecule has 0 saturated carbocycles. The van der Waals surface area contributed by atoms with Crippen LogP contribution in [-0.4, -0.2) is 0 Å². The van der Waals surface area contributed by atoms with Crippen molar-refractivity contribution in [3.05, 3.63) is 145 Å². The highest BCUT2D eigenvalue weighted by Crippen LogP contribution is 2.45. The van der Waals surface area contributed by atoms with Gasteiger partial charge in [-0.15, -0.1) is 0 Å². The predicted octanol–water partition coefficient (Wildman–Crippen LogP) is 11.5. The summed E-state index contributed by atoms with van der Waals surface area (Å²) in [5.74, 6) is 0. The summed E-state index contributed by atoms with van der Waals surface area (Å²) in [5, 5.41) is 7.45. The molecule has 1 heteroatoms. The lowest BCUT2D eigenvalue weighted by molar-refractivity contribution is 0.669. The van der Waals surface area contributed by atoms with Crippen LogP contribution in [0, 0.1) is 0 Å². The van der Waals surface area contributed by atoms with Gasteiger partial charge in [-0.25, -0.2) is 0 Å². The Labute approximate surface area is 246 Å². The fourth-order valence-electron chi connectivity index (χ4n) is 6.23. The number of rotatable bonds is 2. The standard InChI is InChI=1S/C40H24O/c1-2-10-26-21-29(18-17-25(26)9-1)39-32-13-5-7-15-34(32)40(35-16-8-6-14-33(35)39)30-19-20-31-36-22-27-11-3-4-12-28(27)23-38(36)41-37(31)24-30/h1-24H/i1D,2D,9D,10D,17D,18D,21D. The minimum Gasteiger partial charge on any atom is -0.456 e. The van der Waals surface area contributed by atoms with Crippen molar-refractivity contribution in [1.82, 2.24) is 0 Å². The van der Waals surface area contributed by atoms with Crippen LogP contribution in [0.3, 0.4) is 0 Å². The fraction of sp³-hybridized carbons (Fsp3) is 0. The second kappa shape index (κ2) is 8.55. The molecule has 1 heterocycles. The van der Waals surface area contributed by atoms with Crippen molar-refractivity contribution in [1.29, 1.82) is 0 Å². The van der Waals surface area contributed by atoms with Gasteiger partial charge in [0.2, 0.25) is 0 Å². The number of hydrogen-bond donors (Lipinski definition) is 0. The highest BCUT2D eigenvalue weighted by molar-refractivity contribution is 6.22. The molecular weight excluding hydrogens is 496 g/mol. The lowest BCUT2D eigenvalue weighted by Crippen LogP contribution is -1.91. The van der Waals surface area contributed by atoms with Crippen LogP contribution in [0.5, 0.6) is 0 Å². The van der Waals surface area contributed by atoms with Crippen LogP contribution < -0.4 is 0 Å². The normalized spacial score (nSPS) is 14.3. The van der Waals surface area contributed by atoms with Crippen LogP contribution in [-0.2, 0) is 0 Å². The van der Waals surface area contributed by atoms with Crippen LogP contribution in [0.1, 0.15) is 9.60 Å².